The lowest BCUT2D eigenvalue weighted by Gasteiger charge is -2.44. The molecule has 4 heterocycles. The molecule has 3 nitrogen and oxygen atoms in total. The summed E-state index contributed by atoms with van der Waals surface area (Å²) in [4.78, 5) is 6.32. The molecule has 0 saturated heterocycles. The van der Waals surface area contributed by atoms with Gasteiger partial charge in [-0.25, -0.2) is 0 Å². The number of para-hydroxylation sites is 2. The number of rotatable bonds is 2. The molecule has 0 spiro atoms. The third kappa shape index (κ3) is 4.41. The van der Waals surface area contributed by atoms with Crippen molar-refractivity contribution in [2.45, 2.75) is 65.2 Å². The summed E-state index contributed by atoms with van der Waals surface area (Å²) in [6, 6.07) is 38.6. The molecular weight excluding hydrogens is 663 g/mol. The quantitative estimate of drug-likeness (QED) is 0.182. The molecular formula is C48H40BN2OS. The summed E-state index contributed by atoms with van der Waals surface area (Å²) in [6.07, 6.45) is 2.38. The maximum absolute atomic E-state index is 6.37. The summed E-state index contributed by atoms with van der Waals surface area (Å²) in [5.74, 6) is 0. The topological polar surface area (TPSA) is 32.2 Å². The number of aromatic nitrogens is 1. The zero-order valence-electron chi connectivity index (χ0n) is 31.1. The average molecular weight is 704 g/mol. The number of hydrogen-bond donors (Lipinski definition) is 1. The van der Waals surface area contributed by atoms with Gasteiger partial charge in [0, 0.05) is 53.6 Å². The highest BCUT2D eigenvalue weighted by atomic mass is 32.1. The third-order valence-corrected chi connectivity index (χ3v) is 13.6. The monoisotopic (exact) mass is 703 g/mol. The van der Waals surface area contributed by atoms with E-state index in [1.54, 1.807) is 0 Å². The first-order valence-corrected chi connectivity index (χ1v) is 19.7. The Kier molecular flexibility index (Phi) is 6.30. The van der Waals surface area contributed by atoms with E-state index in [-0.39, 0.29) is 10.8 Å². The highest BCUT2D eigenvalue weighted by Crippen LogP contribution is 2.50. The van der Waals surface area contributed by atoms with Crippen LogP contribution >= 0.6 is 11.3 Å². The van der Waals surface area contributed by atoms with Gasteiger partial charge in [-0.15, -0.1) is 11.3 Å². The van der Waals surface area contributed by atoms with Crippen molar-refractivity contribution in [2.24, 2.45) is 0 Å². The molecule has 0 unspecified atom stereocenters. The Morgan fingerprint density at radius 3 is 2.23 bits per heavy atom. The van der Waals surface area contributed by atoms with Crippen LogP contribution in [0.5, 0.6) is 0 Å². The predicted molar refractivity (Wildman–Crippen MR) is 228 cm³/mol. The molecule has 1 radical (unpaired) electrons. The fraction of sp³-hybridized carbons (Fsp3) is 0.208. The highest BCUT2D eigenvalue weighted by Gasteiger charge is 2.39. The Labute approximate surface area is 314 Å². The summed E-state index contributed by atoms with van der Waals surface area (Å²) in [6.45, 7) is 14.3. The summed E-state index contributed by atoms with van der Waals surface area (Å²) in [5, 5.41) is 6.13. The van der Waals surface area contributed by atoms with Crippen LogP contribution in [0.2, 0.25) is 0 Å². The summed E-state index contributed by atoms with van der Waals surface area (Å²) < 4.78 is 9.02. The standard InChI is InChI=1S/C48H40BN2OS/c1-26-20-33(29-14-11-15-31-43-30-13-7-9-16-40(30)52-46(43)50-45(29)31)44-39(21-26)51(37-24-35-34(22-27(37)2)47(3,4)18-19-48(35,5)6)38-23-32-28-12-8-10-17-41(28)53-42(32)25-36(38)49-44/h7-17,20-25,50H,18-19H2,1-6H3. The smallest absolute Gasteiger partial charge is 0.206 e. The molecule has 1 aliphatic heterocycles. The number of H-pyrrole nitrogens is 1. The van der Waals surface area contributed by atoms with Gasteiger partial charge in [0.1, 0.15) is 5.58 Å². The lowest BCUT2D eigenvalue weighted by molar-refractivity contribution is 0.332. The van der Waals surface area contributed by atoms with Gasteiger partial charge in [-0.05, 0) is 107 Å². The van der Waals surface area contributed by atoms with E-state index in [4.69, 9.17) is 4.42 Å². The van der Waals surface area contributed by atoms with Gasteiger partial charge >= 0.3 is 0 Å². The minimum absolute atomic E-state index is 0.0938. The van der Waals surface area contributed by atoms with E-state index in [1.165, 1.54) is 99.8 Å². The molecule has 9 aromatic rings. The maximum atomic E-state index is 6.37. The largest absolute Gasteiger partial charge is 0.440 e. The van der Waals surface area contributed by atoms with Crippen LogP contribution in [0, 0.1) is 13.8 Å². The predicted octanol–water partition coefficient (Wildman–Crippen LogP) is 12.5. The van der Waals surface area contributed by atoms with Crippen molar-refractivity contribution in [3.8, 4) is 11.1 Å². The Balaban J connectivity index is 1.21. The van der Waals surface area contributed by atoms with Gasteiger partial charge in [0.2, 0.25) is 5.71 Å². The van der Waals surface area contributed by atoms with E-state index in [9.17, 15) is 0 Å². The van der Waals surface area contributed by atoms with Gasteiger partial charge in [0.05, 0.1) is 10.9 Å². The fourth-order valence-electron chi connectivity index (χ4n) is 9.55. The Morgan fingerprint density at radius 1 is 0.660 bits per heavy atom. The van der Waals surface area contributed by atoms with Crippen LogP contribution in [0.15, 0.2) is 108 Å². The van der Waals surface area contributed by atoms with Gasteiger partial charge in [-0.1, -0.05) is 99.9 Å². The van der Waals surface area contributed by atoms with Crippen LogP contribution in [0.25, 0.3) is 64.3 Å². The van der Waals surface area contributed by atoms with Crippen molar-refractivity contribution in [2.75, 3.05) is 4.90 Å². The summed E-state index contributed by atoms with van der Waals surface area (Å²) in [5.41, 5.74) is 17.2. The zero-order chi connectivity index (χ0) is 36.0. The Hall–Kier alpha value is -5.26. The molecule has 1 N–H and O–H groups in total. The Bertz CT molecular complexity index is 3030. The zero-order valence-corrected chi connectivity index (χ0v) is 31.9. The van der Waals surface area contributed by atoms with Crippen molar-refractivity contribution >= 4 is 99.7 Å². The molecule has 0 atom stereocenters. The normalized spacial score (nSPS) is 16.0. The van der Waals surface area contributed by atoms with Gasteiger partial charge in [-0.2, -0.15) is 0 Å². The maximum Gasteiger partial charge on any atom is 0.206 e. The van der Waals surface area contributed by atoms with Crippen molar-refractivity contribution < 1.29 is 4.42 Å². The molecule has 0 bridgehead atoms. The second kappa shape index (κ2) is 10.7. The number of anilines is 3. The molecule has 0 saturated carbocycles. The van der Waals surface area contributed by atoms with Crippen LogP contribution in [-0.2, 0) is 10.8 Å². The van der Waals surface area contributed by atoms with E-state index in [1.807, 2.05) is 17.4 Å². The second-order valence-electron chi connectivity index (χ2n) is 16.8. The van der Waals surface area contributed by atoms with Gasteiger partial charge in [0.25, 0.3) is 0 Å². The van der Waals surface area contributed by atoms with Crippen LogP contribution in [0.1, 0.15) is 62.8 Å². The summed E-state index contributed by atoms with van der Waals surface area (Å²) in [7, 11) is 2.45. The summed E-state index contributed by atoms with van der Waals surface area (Å²) >= 11 is 1.89. The molecule has 3 aromatic heterocycles. The lowest BCUT2D eigenvalue weighted by Crippen LogP contribution is -2.41. The number of nitrogens with one attached hydrogen (secondary N) is 1. The molecule has 0 fully saturated rings. The third-order valence-electron chi connectivity index (χ3n) is 12.5. The van der Waals surface area contributed by atoms with Crippen molar-refractivity contribution in [1.29, 1.82) is 0 Å². The van der Waals surface area contributed by atoms with Crippen molar-refractivity contribution in [3.05, 3.63) is 125 Å². The molecule has 11 rings (SSSR count). The van der Waals surface area contributed by atoms with E-state index in [0.717, 1.165) is 27.6 Å². The van der Waals surface area contributed by atoms with E-state index < -0.39 is 0 Å². The molecule has 1 aliphatic carbocycles. The van der Waals surface area contributed by atoms with Crippen LogP contribution in [-0.4, -0.2) is 12.3 Å². The van der Waals surface area contributed by atoms with E-state index >= 15 is 0 Å². The number of fused-ring (bicyclic) bond motifs is 11. The van der Waals surface area contributed by atoms with Crippen LogP contribution in [0.4, 0.5) is 17.1 Å². The molecule has 257 valence electrons. The van der Waals surface area contributed by atoms with Crippen molar-refractivity contribution in [3.63, 3.8) is 0 Å². The first kappa shape index (κ1) is 31.3. The lowest BCUT2D eigenvalue weighted by atomic mass is 9.57. The van der Waals surface area contributed by atoms with Crippen LogP contribution in [0.3, 0.4) is 0 Å². The minimum atomic E-state index is 0.0938. The number of furan rings is 1. The number of thiophene rings is 1. The molecule has 6 aromatic carbocycles. The molecule has 5 heteroatoms. The molecule has 53 heavy (non-hydrogen) atoms. The van der Waals surface area contributed by atoms with Crippen LogP contribution < -0.4 is 15.8 Å². The fourth-order valence-corrected chi connectivity index (χ4v) is 10.7. The number of aryl methyl sites for hydroxylation is 2. The average Bonchev–Trinajstić information content (AvgIpc) is 3.81. The highest BCUT2D eigenvalue weighted by molar-refractivity contribution is 7.26. The number of nitrogens with zero attached hydrogens (tertiary/aromatic N) is 1. The van der Waals surface area contributed by atoms with Crippen molar-refractivity contribution in [1.82, 2.24) is 4.98 Å². The van der Waals surface area contributed by atoms with Gasteiger partial charge in [-0.3, -0.25) is 0 Å². The van der Waals surface area contributed by atoms with Gasteiger partial charge in [0.15, 0.2) is 7.28 Å². The SMILES string of the molecule is Cc1cc(-c2cccc3c2[nH]c2oc4ccccc4c23)c2c(c1)N(c1cc3c(cc1C)C(C)(C)CCC3(C)C)c1cc3c(cc1[B]2)sc1ccccc13. The van der Waals surface area contributed by atoms with E-state index in [0.29, 0.717) is 0 Å². The Morgan fingerprint density at radius 2 is 1.40 bits per heavy atom. The number of hydrogen-bond acceptors (Lipinski definition) is 3. The minimum Gasteiger partial charge on any atom is -0.440 e. The number of aromatic amines is 1. The van der Waals surface area contributed by atoms with E-state index in [2.05, 4.69) is 156 Å². The first-order chi connectivity index (χ1) is 25.6. The molecule has 0 amide bonds. The number of benzene rings is 6. The van der Waals surface area contributed by atoms with Gasteiger partial charge < -0.3 is 14.3 Å². The first-order valence-electron chi connectivity index (χ1n) is 18.9. The molecule has 2 aliphatic rings. The second-order valence-corrected chi connectivity index (χ2v) is 17.9.